The maximum Gasteiger partial charge on any atom is 0.332 e. The highest BCUT2D eigenvalue weighted by Crippen LogP contribution is 2.35. The number of rotatable bonds is 5. The normalized spacial score (nSPS) is 19.4. The molecule has 6 nitrogen and oxygen atoms in total. The van der Waals surface area contributed by atoms with Crippen LogP contribution < -0.4 is 4.90 Å². The predicted octanol–water partition coefficient (Wildman–Crippen LogP) is 6.33. The molecule has 2 atom stereocenters. The quantitative estimate of drug-likeness (QED) is 0.290. The molecule has 0 saturated carbocycles. The van der Waals surface area contributed by atoms with Gasteiger partial charge in [-0.1, -0.05) is 59.6 Å². The molecular formula is C28H21Cl2N3O3. The van der Waals surface area contributed by atoms with E-state index in [4.69, 9.17) is 27.9 Å². The summed E-state index contributed by atoms with van der Waals surface area (Å²) in [4.78, 5) is 32.9. The first-order valence-electron chi connectivity index (χ1n) is 11.6. The summed E-state index contributed by atoms with van der Waals surface area (Å²) in [5, 5.41) is 3.00. The number of anilines is 1. The molecule has 2 aliphatic heterocycles. The van der Waals surface area contributed by atoms with Crippen LogP contribution in [0.2, 0.25) is 10.0 Å². The lowest BCUT2D eigenvalue weighted by atomic mass is 10.0. The minimum Gasteiger partial charge on any atom is -0.372 e. The first kappa shape index (κ1) is 23.0. The van der Waals surface area contributed by atoms with Crippen LogP contribution in [0, 0.1) is 0 Å². The second-order valence-corrected chi connectivity index (χ2v) is 9.93. The van der Waals surface area contributed by atoms with E-state index in [-0.39, 0.29) is 18.0 Å². The van der Waals surface area contributed by atoms with Gasteiger partial charge in [-0.15, -0.1) is 0 Å². The van der Waals surface area contributed by atoms with Gasteiger partial charge in [-0.3, -0.25) is 9.78 Å². The number of pyridine rings is 1. The molecule has 0 spiro atoms. The van der Waals surface area contributed by atoms with Gasteiger partial charge in [0.2, 0.25) is 0 Å². The Morgan fingerprint density at radius 1 is 0.889 bits per heavy atom. The Labute approximate surface area is 218 Å². The van der Waals surface area contributed by atoms with Crippen molar-refractivity contribution in [3.8, 4) is 11.1 Å². The molecule has 3 amide bonds. The zero-order chi connectivity index (χ0) is 24.8. The van der Waals surface area contributed by atoms with Crippen molar-refractivity contribution < 1.29 is 14.3 Å². The third-order valence-corrected chi connectivity index (χ3v) is 7.16. The van der Waals surface area contributed by atoms with E-state index in [2.05, 4.69) is 35.3 Å². The fourth-order valence-electron chi connectivity index (χ4n) is 4.91. The molecule has 0 N–H and O–H groups in total. The SMILES string of the molecule is O=C1[C@@H]2C[C@H](OCc3ccc(-c4ccc5cnccc5c4)cc3)CN2C(=O)N1c1cc(Cl)cc(Cl)c1. The molecule has 0 aliphatic carbocycles. The summed E-state index contributed by atoms with van der Waals surface area (Å²) in [7, 11) is 0. The van der Waals surface area contributed by atoms with Gasteiger partial charge < -0.3 is 9.64 Å². The Balaban J connectivity index is 1.09. The topological polar surface area (TPSA) is 62.7 Å². The number of hydrogen-bond donors (Lipinski definition) is 0. The van der Waals surface area contributed by atoms with Crippen LogP contribution in [0.5, 0.6) is 0 Å². The largest absolute Gasteiger partial charge is 0.372 e. The Hall–Kier alpha value is -3.45. The lowest BCUT2D eigenvalue weighted by Gasteiger charge is -2.18. The summed E-state index contributed by atoms with van der Waals surface area (Å²) in [6.07, 6.45) is 3.91. The van der Waals surface area contributed by atoms with Crippen molar-refractivity contribution >= 4 is 51.6 Å². The number of ether oxygens (including phenoxy) is 1. The van der Waals surface area contributed by atoms with E-state index >= 15 is 0 Å². The van der Waals surface area contributed by atoms with Crippen molar-refractivity contribution in [2.75, 3.05) is 11.4 Å². The fraction of sp³-hybridized carbons (Fsp3) is 0.179. The average molecular weight is 518 g/mol. The van der Waals surface area contributed by atoms with E-state index < -0.39 is 6.04 Å². The number of nitrogens with zero attached hydrogens (tertiary/aromatic N) is 3. The van der Waals surface area contributed by atoms with Gasteiger partial charge in [0.15, 0.2) is 0 Å². The van der Waals surface area contributed by atoms with Crippen molar-refractivity contribution in [2.45, 2.75) is 25.2 Å². The van der Waals surface area contributed by atoms with E-state index in [0.717, 1.165) is 32.4 Å². The van der Waals surface area contributed by atoms with Crippen LogP contribution in [-0.2, 0) is 16.1 Å². The van der Waals surface area contributed by atoms with Crippen LogP contribution in [0.3, 0.4) is 0 Å². The second-order valence-electron chi connectivity index (χ2n) is 9.06. The third-order valence-electron chi connectivity index (χ3n) is 6.72. The Bertz CT molecular complexity index is 1450. The first-order valence-corrected chi connectivity index (χ1v) is 12.4. The molecule has 8 heteroatoms. The molecule has 1 aromatic heterocycles. The highest BCUT2D eigenvalue weighted by Gasteiger charge is 2.51. The highest BCUT2D eigenvalue weighted by atomic mass is 35.5. The summed E-state index contributed by atoms with van der Waals surface area (Å²) in [6, 6.07) is 20.4. The van der Waals surface area contributed by atoms with Crippen LogP contribution in [0.25, 0.3) is 21.9 Å². The molecule has 2 fully saturated rings. The van der Waals surface area contributed by atoms with Crippen LogP contribution in [0.4, 0.5) is 10.5 Å². The molecule has 0 radical (unpaired) electrons. The molecule has 3 heterocycles. The van der Waals surface area contributed by atoms with E-state index in [9.17, 15) is 9.59 Å². The molecule has 6 rings (SSSR count). The third kappa shape index (κ3) is 4.22. The monoisotopic (exact) mass is 517 g/mol. The van der Waals surface area contributed by atoms with Crippen molar-refractivity contribution in [3.63, 3.8) is 0 Å². The van der Waals surface area contributed by atoms with Gasteiger partial charge in [-0.2, -0.15) is 0 Å². The number of amides is 3. The first-order chi connectivity index (χ1) is 17.5. The summed E-state index contributed by atoms with van der Waals surface area (Å²) < 4.78 is 6.09. The van der Waals surface area contributed by atoms with Crippen LogP contribution in [0.1, 0.15) is 12.0 Å². The number of carbonyl (C=O) groups excluding carboxylic acids is 2. The van der Waals surface area contributed by atoms with Crippen molar-refractivity contribution in [1.29, 1.82) is 0 Å². The standard InChI is InChI=1S/C28H21Cl2N3O3/c29-22-10-23(30)12-24(11-22)33-27(34)26-13-25(15-32(26)28(33)35)36-16-17-1-3-18(4-2-17)19-5-6-21-14-31-8-7-20(21)9-19/h1-12,14,25-26H,13,15-16H2/t25-,26-/m0/s1. The molecule has 0 bridgehead atoms. The number of urea groups is 1. The second kappa shape index (κ2) is 9.21. The molecular weight excluding hydrogens is 497 g/mol. The van der Waals surface area contributed by atoms with Gasteiger partial charge in [-0.25, -0.2) is 9.69 Å². The summed E-state index contributed by atoms with van der Waals surface area (Å²) >= 11 is 12.1. The summed E-state index contributed by atoms with van der Waals surface area (Å²) in [5.41, 5.74) is 3.68. The van der Waals surface area contributed by atoms with Gasteiger partial charge in [0, 0.05) is 40.8 Å². The number of imide groups is 1. The van der Waals surface area contributed by atoms with Gasteiger partial charge in [0.25, 0.3) is 5.91 Å². The van der Waals surface area contributed by atoms with Crippen LogP contribution in [-0.4, -0.2) is 40.5 Å². The number of halogens is 2. The number of hydrogen-bond acceptors (Lipinski definition) is 4. The Morgan fingerprint density at radius 2 is 1.64 bits per heavy atom. The molecule has 2 aliphatic rings. The summed E-state index contributed by atoms with van der Waals surface area (Å²) in [5.74, 6) is -0.278. The average Bonchev–Trinajstić information content (AvgIpc) is 3.40. The predicted molar refractivity (Wildman–Crippen MR) is 140 cm³/mol. The van der Waals surface area contributed by atoms with Gasteiger partial charge in [0.1, 0.15) is 6.04 Å². The van der Waals surface area contributed by atoms with Crippen LogP contribution >= 0.6 is 23.2 Å². The lowest BCUT2D eigenvalue weighted by Crippen LogP contribution is -2.35. The zero-order valence-electron chi connectivity index (χ0n) is 19.1. The van der Waals surface area contributed by atoms with Crippen molar-refractivity contribution in [3.05, 3.63) is 94.7 Å². The smallest absolute Gasteiger partial charge is 0.332 e. The molecule has 36 heavy (non-hydrogen) atoms. The van der Waals surface area contributed by atoms with Gasteiger partial charge >= 0.3 is 6.03 Å². The van der Waals surface area contributed by atoms with E-state index in [0.29, 0.717) is 35.3 Å². The van der Waals surface area contributed by atoms with Gasteiger partial charge in [0.05, 0.1) is 18.4 Å². The Morgan fingerprint density at radius 3 is 2.39 bits per heavy atom. The molecule has 0 unspecified atom stereocenters. The maximum absolute atomic E-state index is 13.0. The van der Waals surface area contributed by atoms with Crippen molar-refractivity contribution in [1.82, 2.24) is 9.88 Å². The molecule has 2 saturated heterocycles. The number of aromatic nitrogens is 1. The van der Waals surface area contributed by atoms with Crippen LogP contribution in [0.15, 0.2) is 79.1 Å². The summed E-state index contributed by atoms with van der Waals surface area (Å²) in [6.45, 7) is 0.773. The van der Waals surface area contributed by atoms with Gasteiger partial charge in [-0.05, 0) is 52.4 Å². The number of benzene rings is 3. The Kier molecular flexibility index (Phi) is 5.88. The molecule has 3 aromatic carbocycles. The van der Waals surface area contributed by atoms with E-state index in [1.165, 1.54) is 0 Å². The minimum absolute atomic E-state index is 0.207. The highest BCUT2D eigenvalue weighted by molar-refractivity contribution is 6.35. The number of fused-ring (bicyclic) bond motifs is 2. The fourth-order valence-corrected chi connectivity index (χ4v) is 5.43. The number of carbonyl (C=O) groups is 2. The van der Waals surface area contributed by atoms with Crippen molar-refractivity contribution in [2.24, 2.45) is 0 Å². The molecule has 180 valence electrons. The minimum atomic E-state index is -0.536. The van der Waals surface area contributed by atoms with E-state index in [1.54, 1.807) is 29.3 Å². The molecule has 4 aromatic rings. The zero-order valence-corrected chi connectivity index (χ0v) is 20.6. The van der Waals surface area contributed by atoms with E-state index in [1.807, 2.05) is 24.4 Å². The maximum atomic E-state index is 13.0. The lowest BCUT2D eigenvalue weighted by molar-refractivity contribution is -0.119.